The first-order chi connectivity index (χ1) is 11.2. The van der Waals surface area contributed by atoms with Crippen molar-refractivity contribution in [1.82, 2.24) is 20.1 Å². The summed E-state index contributed by atoms with van der Waals surface area (Å²) in [5.74, 6) is 1.35. The number of aromatic nitrogens is 3. The van der Waals surface area contributed by atoms with Crippen molar-refractivity contribution in [1.29, 1.82) is 0 Å². The molecule has 2 aromatic rings. The van der Waals surface area contributed by atoms with Gasteiger partial charge in [-0.3, -0.25) is 4.57 Å². The van der Waals surface area contributed by atoms with Crippen LogP contribution in [-0.2, 0) is 12.3 Å². The number of benzene rings is 1. The SMILES string of the molecule is C=CCNC(=S)Nc1nnc(SCc2ccccc2Cl)n1CC. The Labute approximate surface area is 150 Å². The molecule has 122 valence electrons. The van der Waals surface area contributed by atoms with E-state index in [4.69, 9.17) is 23.8 Å². The van der Waals surface area contributed by atoms with Gasteiger partial charge in [-0.05, 0) is 30.8 Å². The highest BCUT2D eigenvalue weighted by Gasteiger charge is 2.13. The summed E-state index contributed by atoms with van der Waals surface area (Å²) in [6.07, 6.45) is 1.74. The molecule has 0 radical (unpaired) electrons. The summed E-state index contributed by atoms with van der Waals surface area (Å²) in [6, 6.07) is 7.79. The predicted molar refractivity (Wildman–Crippen MR) is 101 cm³/mol. The van der Waals surface area contributed by atoms with Gasteiger partial charge >= 0.3 is 0 Å². The molecule has 2 rings (SSSR count). The molecule has 0 aliphatic carbocycles. The highest BCUT2D eigenvalue weighted by atomic mass is 35.5. The average Bonchev–Trinajstić information content (AvgIpc) is 2.93. The quantitative estimate of drug-likeness (QED) is 0.442. The van der Waals surface area contributed by atoms with Gasteiger partial charge in [0.05, 0.1) is 0 Å². The van der Waals surface area contributed by atoms with Crippen LogP contribution in [-0.4, -0.2) is 26.4 Å². The summed E-state index contributed by atoms with van der Waals surface area (Å²) in [6.45, 7) is 7.01. The number of hydrogen-bond donors (Lipinski definition) is 2. The Hall–Kier alpha value is -1.57. The van der Waals surface area contributed by atoms with Gasteiger partial charge in [0.25, 0.3) is 0 Å². The third-order valence-electron chi connectivity index (χ3n) is 2.98. The summed E-state index contributed by atoms with van der Waals surface area (Å²) in [4.78, 5) is 0. The molecule has 0 spiro atoms. The van der Waals surface area contributed by atoms with Crippen LogP contribution in [0.5, 0.6) is 0 Å². The van der Waals surface area contributed by atoms with Crippen LogP contribution in [0.1, 0.15) is 12.5 Å². The summed E-state index contributed by atoms with van der Waals surface area (Å²) in [5.41, 5.74) is 1.07. The summed E-state index contributed by atoms with van der Waals surface area (Å²) in [7, 11) is 0. The molecule has 0 aliphatic heterocycles. The maximum atomic E-state index is 6.18. The molecule has 0 saturated carbocycles. The zero-order valence-corrected chi connectivity index (χ0v) is 15.1. The third-order valence-corrected chi connectivity index (χ3v) is 4.61. The molecule has 0 aliphatic rings. The van der Waals surface area contributed by atoms with Crippen LogP contribution in [0.3, 0.4) is 0 Å². The van der Waals surface area contributed by atoms with Crippen LogP contribution >= 0.6 is 35.6 Å². The molecule has 0 saturated heterocycles. The van der Waals surface area contributed by atoms with Crippen molar-refractivity contribution in [2.75, 3.05) is 11.9 Å². The van der Waals surface area contributed by atoms with E-state index in [9.17, 15) is 0 Å². The van der Waals surface area contributed by atoms with E-state index in [0.717, 1.165) is 28.0 Å². The number of halogens is 1. The van der Waals surface area contributed by atoms with Crippen molar-refractivity contribution >= 4 is 46.6 Å². The van der Waals surface area contributed by atoms with E-state index in [1.807, 2.05) is 35.8 Å². The molecular weight excluding hydrogens is 350 g/mol. The van der Waals surface area contributed by atoms with Crippen molar-refractivity contribution < 1.29 is 0 Å². The lowest BCUT2D eigenvalue weighted by Crippen LogP contribution is -2.29. The van der Waals surface area contributed by atoms with Gasteiger partial charge in [0.1, 0.15) is 0 Å². The number of anilines is 1. The Morgan fingerprint density at radius 1 is 1.43 bits per heavy atom. The number of hydrogen-bond acceptors (Lipinski definition) is 4. The Kier molecular flexibility index (Phi) is 6.88. The minimum atomic E-state index is 0.495. The van der Waals surface area contributed by atoms with Crippen molar-refractivity contribution in [3.05, 3.63) is 47.5 Å². The second-order valence-corrected chi connectivity index (χ2v) is 6.31. The minimum Gasteiger partial charge on any atom is -0.359 e. The first kappa shape index (κ1) is 17.8. The van der Waals surface area contributed by atoms with E-state index in [1.165, 1.54) is 0 Å². The average molecular weight is 368 g/mol. The highest BCUT2D eigenvalue weighted by Crippen LogP contribution is 2.26. The Morgan fingerprint density at radius 3 is 2.91 bits per heavy atom. The van der Waals surface area contributed by atoms with E-state index in [0.29, 0.717) is 17.6 Å². The standard InChI is InChI=1S/C15H18ClN5S2/c1-3-9-17-14(22)18-13-19-20-15(21(13)4-2)23-10-11-7-5-6-8-12(11)16/h3,5-8H,1,4,9-10H2,2H3,(H2,17,18,19,22). The molecule has 23 heavy (non-hydrogen) atoms. The molecule has 0 amide bonds. The summed E-state index contributed by atoms with van der Waals surface area (Å²) in [5, 5.41) is 16.5. The number of nitrogens with zero attached hydrogens (tertiary/aromatic N) is 3. The molecule has 2 N–H and O–H groups in total. The predicted octanol–water partition coefficient (Wildman–Crippen LogP) is 3.72. The first-order valence-electron chi connectivity index (χ1n) is 7.10. The van der Waals surface area contributed by atoms with Crippen LogP contribution in [0.4, 0.5) is 5.95 Å². The number of rotatable bonds is 7. The van der Waals surface area contributed by atoms with Crippen LogP contribution < -0.4 is 10.6 Å². The fourth-order valence-corrected chi connectivity index (χ4v) is 3.30. The van der Waals surface area contributed by atoms with Gasteiger partial charge in [0.2, 0.25) is 5.95 Å². The molecule has 0 bridgehead atoms. The largest absolute Gasteiger partial charge is 0.359 e. The summed E-state index contributed by atoms with van der Waals surface area (Å²) >= 11 is 13.0. The van der Waals surface area contributed by atoms with Crippen LogP contribution in [0.2, 0.25) is 5.02 Å². The molecule has 1 aromatic carbocycles. The number of thiocarbonyl (C=S) groups is 1. The monoisotopic (exact) mass is 367 g/mol. The van der Waals surface area contributed by atoms with E-state index in [-0.39, 0.29) is 0 Å². The van der Waals surface area contributed by atoms with E-state index < -0.39 is 0 Å². The van der Waals surface area contributed by atoms with E-state index in [2.05, 4.69) is 27.4 Å². The smallest absolute Gasteiger partial charge is 0.231 e. The molecule has 1 aromatic heterocycles. The Bertz CT molecular complexity index is 686. The highest BCUT2D eigenvalue weighted by molar-refractivity contribution is 7.98. The Balaban J connectivity index is 2.04. The van der Waals surface area contributed by atoms with Gasteiger partial charge in [-0.1, -0.05) is 47.6 Å². The molecule has 0 unspecified atom stereocenters. The molecule has 5 nitrogen and oxygen atoms in total. The topological polar surface area (TPSA) is 54.8 Å². The number of thioether (sulfide) groups is 1. The third kappa shape index (κ3) is 4.95. The van der Waals surface area contributed by atoms with Gasteiger partial charge in [0, 0.05) is 23.9 Å². The zero-order valence-electron chi connectivity index (χ0n) is 12.8. The Morgan fingerprint density at radius 2 is 2.22 bits per heavy atom. The van der Waals surface area contributed by atoms with Gasteiger partial charge in [-0.25, -0.2) is 0 Å². The summed E-state index contributed by atoms with van der Waals surface area (Å²) < 4.78 is 1.98. The van der Waals surface area contributed by atoms with Crippen molar-refractivity contribution in [3.63, 3.8) is 0 Å². The van der Waals surface area contributed by atoms with Gasteiger partial charge < -0.3 is 10.6 Å². The lowest BCUT2D eigenvalue weighted by atomic mass is 10.2. The lowest BCUT2D eigenvalue weighted by Gasteiger charge is -2.10. The second-order valence-electron chi connectivity index (χ2n) is 4.55. The molecular formula is C15H18ClN5S2. The van der Waals surface area contributed by atoms with Crippen LogP contribution in [0.15, 0.2) is 42.1 Å². The zero-order chi connectivity index (χ0) is 16.7. The van der Waals surface area contributed by atoms with Gasteiger partial charge in [-0.15, -0.1) is 16.8 Å². The number of nitrogens with one attached hydrogen (secondary N) is 2. The molecule has 1 heterocycles. The van der Waals surface area contributed by atoms with Crippen molar-refractivity contribution in [2.24, 2.45) is 0 Å². The fraction of sp³-hybridized carbons (Fsp3) is 0.267. The maximum Gasteiger partial charge on any atom is 0.231 e. The van der Waals surface area contributed by atoms with Crippen molar-refractivity contribution in [3.8, 4) is 0 Å². The normalized spacial score (nSPS) is 10.3. The van der Waals surface area contributed by atoms with Gasteiger partial charge in [0.15, 0.2) is 10.3 Å². The molecule has 8 heteroatoms. The van der Waals surface area contributed by atoms with E-state index >= 15 is 0 Å². The van der Waals surface area contributed by atoms with Crippen LogP contribution in [0.25, 0.3) is 0 Å². The van der Waals surface area contributed by atoms with E-state index in [1.54, 1.807) is 17.8 Å². The maximum absolute atomic E-state index is 6.18. The first-order valence-corrected chi connectivity index (χ1v) is 8.88. The van der Waals surface area contributed by atoms with Crippen LogP contribution in [0, 0.1) is 0 Å². The minimum absolute atomic E-state index is 0.495. The second kappa shape index (κ2) is 8.90. The molecule has 0 fully saturated rings. The lowest BCUT2D eigenvalue weighted by molar-refractivity contribution is 0.688. The van der Waals surface area contributed by atoms with Gasteiger partial charge in [-0.2, -0.15) is 0 Å². The van der Waals surface area contributed by atoms with Crippen molar-refractivity contribution in [2.45, 2.75) is 24.4 Å². The molecule has 0 atom stereocenters. The fourth-order valence-electron chi connectivity index (χ4n) is 1.84.